The Kier molecular flexibility index (Phi) is 21.3. The highest BCUT2D eigenvalue weighted by Crippen LogP contribution is 2.66. The summed E-state index contributed by atoms with van der Waals surface area (Å²) >= 11 is 0. The fraction of sp³-hybridized carbons (Fsp3) is 0.500. The number of carbonyl (C=O) groups excluding carboxylic acids is 3. The number of ether oxygens (including phenoxy) is 5. The van der Waals surface area contributed by atoms with Gasteiger partial charge in [0.05, 0.1) is 38.0 Å². The van der Waals surface area contributed by atoms with Gasteiger partial charge in [-0.15, -0.1) is 0 Å². The van der Waals surface area contributed by atoms with Gasteiger partial charge in [0.15, 0.2) is 6.23 Å². The lowest BCUT2D eigenvalue weighted by atomic mass is 10.2. The molecular formula is C30H41N12O19P3. The van der Waals surface area contributed by atoms with Crippen LogP contribution >= 0.6 is 23.5 Å². The van der Waals surface area contributed by atoms with Crippen molar-refractivity contribution in [1.82, 2.24) is 25.5 Å². The summed E-state index contributed by atoms with van der Waals surface area (Å²) in [6, 6.07) is 6.17. The fourth-order valence-corrected chi connectivity index (χ4v) is 7.96. The number of nitrogens with zero attached hydrogens (tertiary/aromatic N) is 8. The molecule has 3 rings (SSSR count). The molecule has 1 aliphatic rings. The predicted molar refractivity (Wildman–Crippen MR) is 213 cm³/mol. The van der Waals surface area contributed by atoms with E-state index in [-0.39, 0.29) is 74.5 Å². The first-order valence-corrected chi connectivity index (χ1v) is 22.4. The molecule has 0 bridgehead atoms. The minimum atomic E-state index is -5.83. The summed E-state index contributed by atoms with van der Waals surface area (Å²) in [7, 11) is -17.1. The number of azide groups is 2. The van der Waals surface area contributed by atoms with Crippen LogP contribution in [-0.4, -0.2) is 125 Å². The lowest BCUT2D eigenvalue weighted by Crippen LogP contribution is -2.33. The average molecular weight is 967 g/mol. The van der Waals surface area contributed by atoms with Crippen LogP contribution in [0.1, 0.15) is 35.5 Å². The van der Waals surface area contributed by atoms with Crippen LogP contribution in [0.4, 0.5) is 5.82 Å². The fourth-order valence-electron chi connectivity index (χ4n) is 4.93. The second kappa shape index (κ2) is 25.7. The van der Waals surface area contributed by atoms with E-state index in [2.05, 4.69) is 66.0 Å². The van der Waals surface area contributed by atoms with Crippen LogP contribution in [0.5, 0.6) is 5.75 Å². The van der Waals surface area contributed by atoms with Gasteiger partial charge >= 0.3 is 29.2 Å². The van der Waals surface area contributed by atoms with E-state index in [9.17, 15) is 42.7 Å². The van der Waals surface area contributed by atoms with E-state index < -0.39 is 85.6 Å². The summed E-state index contributed by atoms with van der Waals surface area (Å²) in [4.78, 5) is 94.0. The zero-order valence-electron chi connectivity index (χ0n) is 33.2. The molecule has 1 aromatic heterocycles. The van der Waals surface area contributed by atoms with Gasteiger partial charge in [-0.3, -0.25) is 23.5 Å². The van der Waals surface area contributed by atoms with Gasteiger partial charge in [0.2, 0.25) is 11.8 Å². The Labute approximate surface area is 360 Å². The van der Waals surface area contributed by atoms with Crippen molar-refractivity contribution in [2.75, 3.05) is 65.1 Å². The molecule has 64 heavy (non-hydrogen) atoms. The lowest BCUT2D eigenvalue weighted by molar-refractivity contribution is -0.126. The first-order valence-electron chi connectivity index (χ1n) is 17.9. The third-order valence-corrected chi connectivity index (χ3v) is 11.3. The van der Waals surface area contributed by atoms with Gasteiger partial charge in [-0.05, 0) is 29.3 Å². The Morgan fingerprint density at radius 1 is 1.08 bits per heavy atom. The molecule has 1 fully saturated rings. The van der Waals surface area contributed by atoms with Gasteiger partial charge in [-0.25, -0.2) is 18.5 Å². The van der Waals surface area contributed by atoms with Crippen LogP contribution < -0.4 is 32.1 Å². The molecule has 0 aliphatic carbocycles. The zero-order chi connectivity index (χ0) is 47.3. The molecule has 34 heteroatoms. The molecule has 6 atom stereocenters. The van der Waals surface area contributed by atoms with Crippen LogP contribution in [0.2, 0.25) is 0 Å². The number of phosphoric ester groups is 1. The van der Waals surface area contributed by atoms with Crippen LogP contribution in [0, 0.1) is 11.8 Å². The normalized spacial score (nSPS) is 18.0. The van der Waals surface area contributed by atoms with E-state index in [1.807, 2.05) is 0 Å². The Morgan fingerprint density at radius 3 is 2.53 bits per heavy atom. The van der Waals surface area contributed by atoms with E-state index in [0.717, 1.165) is 10.8 Å². The Balaban J connectivity index is 1.49. The molecular weight excluding hydrogens is 925 g/mol. The molecule has 1 saturated heterocycles. The molecule has 2 aromatic rings. The van der Waals surface area contributed by atoms with Crippen molar-refractivity contribution >= 4 is 47.0 Å². The largest absolute Gasteiger partial charge is 0.491 e. The first kappa shape index (κ1) is 52.9. The standard InChI is InChI=1S/C30H41N12O19P3/c1-19(43)34-8-9-36-29(45)20-4-2-6-22(12-20)56-17-26(39-41-33)55-11-10-54-16-25(44)35-7-3-5-21-14-42(30(46)38-28(21)31)27-13-23(57-18-37-40-32)24(59-27)15-58-63(50,51)61-64(52,53)60-62(47,48)49/h2,4,6,12,14,23-24,26-27H,7-11,13,15-18H2,1H3,(H,34,43)(H,35,44)(H,36,45)(H,50,51)(H,52,53)(H2,31,38,46)(H2,47,48,49)/t23?,24-,26?,27?/m0/s1. The first-order chi connectivity index (χ1) is 30.2. The summed E-state index contributed by atoms with van der Waals surface area (Å²) in [6.45, 7) is -0.820. The van der Waals surface area contributed by atoms with Crippen LogP contribution in [0.25, 0.3) is 20.9 Å². The number of carbonyl (C=O) groups is 3. The number of benzene rings is 1. The third kappa shape index (κ3) is 19.9. The highest BCUT2D eigenvalue weighted by molar-refractivity contribution is 7.66. The second-order valence-corrected chi connectivity index (χ2v) is 16.7. The highest BCUT2D eigenvalue weighted by atomic mass is 31.3. The summed E-state index contributed by atoms with van der Waals surface area (Å²) in [5.41, 5.74) is 22.7. The Hall–Kier alpha value is -5.46. The van der Waals surface area contributed by atoms with E-state index >= 15 is 0 Å². The van der Waals surface area contributed by atoms with E-state index in [1.165, 1.54) is 13.0 Å². The highest BCUT2D eigenvalue weighted by Gasteiger charge is 2.43. The van der Waals surface area contributed by atoms with Gasteiger partial charge < -0.3 is 64.9 Å². The minimum Gasteiger partial charge on any atom is -0.491 e. The minimum absolute atomic E-state index is 0.0129. The zero-order valence-corrected chi connectivity index (χ0v) is 35.9. The van der Waals surface area contributed by atoms with Gasteiger partial charge in [0, 0.05) is 48.0 Å². The van der Waals surface area contributed by atoms with Crippen molar-refractivity contribution in [3.63, 3.8) is 0 Å². The number of aromatic nitrogens is 2. The summed E-state index contributed by atoms with van der Waals surface area (Å²) < 4.78 is 75.1. The smallest absolute Gasteiger partial charge is 0.490 e. The molecule has 5 unspecified atom stereocenters. The maximum atomic E-state index is 12.8. The van der Waals surface area contributed by atoms with Gasteiger partial charge in [-0.1, -0.05) is 28.1 Å². The number of amides is 3. The summed E-state index contributed by atoms with van der Waals surface area (Å²) in [5.74, 6) is 4.00. The maximum absolute atomic E-state index is 12.8. The SMILES string of the molecule is CC(=O)NCCNC(=O)c1cccc(OCC(N=[N+]=[N-])OCCOCC(=O)NCC#Cc2cn(C3CC(OCN=[N+]=[N-])[C@H](COP(=O)(O)OP(=O)(O)OP(=O)(O)O)O3)c(=O)nc2N)c1. The van der Waals surface area contributed by atoms with Crippen molar-refractivity contribution in [2.45, 2.75) is 38.0 Å². The number of nitrogens with two attached hydrogens (primary N) is 1. The molecule has 0 spiro atoms. The number of rotatable bonds is 26. The molecule has 1 aliphatic heterocycles. The Bertz CT molecular complexity index is 2330. The third-order valence-electron chi connectivity index (χ3n) is 7.52. The number of phosphoric acid groups is 3. The second-order valence-electron chi connectivity index (χ2n) is 12.3. The average Bonchev–Trinajstić information content (AvgIpc) is 3.61. The Morgan fingerprint density at radius 2 is 1.83 bits per heavy atom. The number of hydrogen-bond donors (Lipinski definition) is 8. The molecule has 9 N–H and O–H groups in total. The van der Waals surface area contributed by atoms with Crippen molar-refractivity contribution in [3.8, 4) is 17.6 Å². The van der Waals surface area contributed by atoms with Crippen LogP contribution in [-0.2, 0) is 55.4 Å². The van der Waals surface area contributed by atoms with Crippen LogP contribution in [0.3, 0.4) is 0 Å². The van der Waals surface area contributed by atoms with Gasteiger partial charge in [0.1, 0.15) is 43.8 Å². The molecule has 0 radical (unpaired) electrons. The maximum Gasteiger partial charge on any atom is 0.490 e. The van der Waals surface area contributed by atoms with Crippen molar-refractivity contribution in [1.29, 1.82) is 0 Å². The lowest BCUT2D eigenvalue weighted by Gasteiger charge is -2.21. The number of nitrogens with one attached hydrogen (secondary N) is 3. The molecule has 350 valence electrons. The topological polar surface area (TPSA) is 452 Å². The number of hydrogen-bond acceptors (Lipinski definition) is 19. The van der Waals surface area contributed by atoms with Crippen molar-refractivity contribution in [3.05, 3.63) is 73.0 Å². The monoisotopic (exact) mass is 966 g/mol. The van der Waals surface area contributed by atoms with Gasteiger partial charge in [-0.2, -0.15) is 13.6 Å². The quantitative estimate of drug-likeness (QED) is 0.0156. The number of anilines is 1. The van der Waals surface area contributed by atoms with E-state index in [4.69, 9.17) is 50.3 Å². The van der Waals surface area contributed by atoms with E-state index in [1.54, 1.807) is 18.2 Å². The van der Waals surface area contributed by atoms with E-state index in [0.29, 0.717) is 0 Å². The van der Waals surface area contributed by atoms with Crippen molar-refractivity contribution < 1.29 is 84.5 Å². The number of nitrogen functional groups attached to an aromatic ring is 1. The molecule has 0 saturated carbocycles. The predicted octanol–water partition coefficient (Wildman–Crippen LogP) is 0.192. The summed E-state index contributed by atoms with van der Waals surface area (Å²) in [5, 5.41) is 14.4. The van der Waals surface area contributed by atoms with Crippen molar-refractivity contribution in [2.24, 2.45) is 10.2 Å². The van der Waals surface area contributed by atoms with Crippen LogP contribution in [0.15, 0.2) is 45.5 Å². The molecule has 31 nitrogen and oxygen atoms in total. The molecule has 1 aromatic carbocycles. The summed E-state index contributed by atoms with van der Waals surface area (Å²) in [6.07, 6.45) is -3.94. The molecule has 3 amide bonds. The van der Waals surface area contributed by atoms with Gasteiger partial charge in [0.25, 0.3) is 5.91 Å². The molecule has 2 heterocycles.